The van der Waals surface area contributed by atoms with Gasteiger partial charge in [0, 0.05) is 45.3 Å². The molecular weight excluding hydrogens is 318 g/mol. The molecule has 0 radical (unpaired) electrons. The number of nitrogens with zero attached hydrogens (tertiary/aromatic N) is 2. The van der Waals surface area contributed by atoms with Gasteiger partial charge in [-0.25, -0.2) is 0 Å². The number of anilines is 1. The van der Waals surface area contributed by atoms with Crippen LogP contribution in [0.2, 0.25) is 0 Å². The molecule has 0 unspecified atom stereocenters. The second-order valence-corrected chi connectivity index (χ2v) is 6.29. The zero-order valence-corrected chi connectivity index (χ0v) is 14.1. The average Bonchev–Trinajstić information content (AvgIpc) is 2.93. The highest BCUT2D eigenvalue weighted by Gasteiger charge is 2.10. The summed E-state index contributed by atoms with van der Waals surface area (Å²) >= 11 is 1.28. The quantitative estimate of drug-likeness (QED) is 0.596. The van der Waals surface area contributed by atoms with Gasteiger partial charge in [0.25, 0.3) is 0 Å². The van der Waals surface area contributed by atoms with Crippen molar-refractivity contribution in [2.24, 2.45) is 0 Å². The summed E-state index contributed by atoms with van der Waals surface area (Å²) in [5.74, 6) is 1.27. The zero-order chi connectivity index (χ0) is 16.5. The van der Waals surface area contributed by atoms with Crippen LogP contribution in [0.3, 0.4) is 0 Å². The molecule has 128 valence electrons. The minimum absolute atomic E-state index is 0.0461. The van der Waals surface area contributed by atoms with Crippen molar-refractivity contribution in [1.82, 2.24) is 20.7 Å². The summed E-state index contributed by atoms with van der Waals surface area (Å²) in [4.78, 5) is 25.7. The van der Waals surface area contributed by atoms with Crippen molar-refractivity contribution in [2.75, 3.05) is 56.1 Å². The van der Waals surface area contributed by atoms with E-state index in [0.29, 0.717) is 18.1 Å². The molecule has 3 N–H and O–H groups in total. The molecule has 2 rings (SSSR count). The van der Waals surface area contributed by atoms with Gasteiger partial charge >= 0.3 is 0 Å². The predicted molar refractivity (Wildman–Crippen MR) is 89.5 cm³/mol. The Bertz CT molecular complexity index is 516. The summed E-state index contributed by atoms with van der Waals surface area (Å²) < 4.78 is 4.86. The van der Waals surface area contributed by atoms with Crippen LogP contribution in [0.5, 0.6) is 0 Å². The lowest BCUT2D eigenvalue weighted by molar-refractivity contribution is -0.118. The van der Waals surface area contributed by atoms with Crippen LogP contribution in [-0.2, 0) is 9.59 Å². The minimum Gasteiger partial charge on any atom is -0.360 e. The molecule has 9 heteroatoms. The lowest BCUT2D eigenvalue weighted by atomic mass is 10.3. The number of aromatic nitrogens is 1. The van der Waals surface area contributed by atoms with Gasteiger partial charge in [-0.05, 0) is 6.92 Å². The van der Waals surface area contributed by atoms with Crippen LogP contribution in [0, 0.1) is 6.92 Å². The van der Waals surface area contributed by atoms with Crippen molar-refractivity contribution in [3.8, 4) is 0 Å². The van der Waals surface area contributed by atoms with Gasteiger partial charge in [0.05, 0.1) is 11.5 Å². The van der Waals surface area contributed by atoms with Gasteiger partial charge in [-0.2, -0.15) is 0 Å². The Hall–Kier alpha value is -1.58. The Kier molecular flexibility index (Phi) is 7.37. The molecule has 8 nitrogen and oxygen atoms in total. The SMILES string of the molecule is Cc1cc(NC(=O)CSCC(=O)NCCN2CCNCC2)no1. The molecule has 1 saturated heterocycles. The summed E-state index contributed by atoms with van der Waals surface area (Å²) in [6.45, 7) is 7.31. The van der Waals surface area contributed by atoms with Crippen LogP contribution in [0.1, 0.15) is 5.76 Å². The second-order valence-electron chi connectivity index (χ2n) is 5.31. The van der Waals surface area contributed by atoms with Gasteiger partial charge in [-0.3, -0.25) is 14.5 Å². The molecule has 1 aliphatic rings. The van der Waals surface area contributed by atoms with E-state index in [-0.39, 0.29) is 23.3 Å². The molecule has 1 aromatic rings. The maximum Gasteiger partial charge on any atom is 0.235 e. The summed E-state index contributed by atoms with van der Waals surface area (Å²) in [6, 6.07) is 1.64. The fraction of sp³-hybridized carbons (Fsp3) is 0.643. The van der Waals surface area contributed by atoms with Crippen molar-refractivity contribution < 1.29 is 14.1 Å². The molecule has 1 aromatic heterocycles. The smallest absolute Gasteiger partial charge is 0.235 e. The fourth-order valence-electron chi connectivity index (χ4n) is 2.18. The molecule has 2 heterocycles. The Labute approximate surface area is 139 Å². The summed E-state index contributed by atoms with van der Waals surface area (Å²) in [5.41, 5.74) is 0. The second kappa shape index (κ2) is 9.53. The number of rotatable bonds is 8. The molecular formula is C14H23N5O3S. The van der Waals surface area contributed by atoms with Gasteiger partial charge in [-0.1, -0.05) is 5.16 Å². The first-order chi connectivity index (χ1) is 11.1. The lowest BCUT2D eigenvalue weighted by Gasteiger charge is -2.27. The zero-order valence-electron chi connectivity index (χ0n) is 13.3. The fourth-order valence-corrected chi connectivity index (χ4v) is 2.83. The first-order valence-corrected chi connectivity index (χ1v) is 8.79. The van der Waals surface area contributed by atoms with Crippen molar-refractivity contribution in [2.45, 2.75) is 6.92 Å². The van der Waals surface area contributed by atoms with E-state index < -0.39 is 0 Å². The molecule has 1 fully saturated rings. The summed E-state index contributed by atoms with van der Waals surface area (Å²) in [7, 11) is 0. The Morgan fingerprint density at radius 3 is 2.78 bits per heavy atom. The first kappa shape index (κ1) is 17.8. The average molecular weight is 341 g/mol. The molecule has 0 saturated carbocycles. The van der Waals surface area contributed by atoms with E-state index >= 15 is 0 Å². The third kappa shape index (κ3) is 7.02. The van der Waals surface area contributed by atoms with Gasteiger partial charge in [0.15, 0.2) is 5.82 Å². The van der Waals surface area contributed by atoms with Crippen LogP contribution in [0.25, 0.3) is 0 Å². The van der Waals surface area contributed by atoms with Gasteiger partial charge in [-0.15, -0.1) is 11.8 Å². The van der Waals surface area contributed by atoms with Crippen LogP contribution < -0.4 is 16.0 Å². The molecule has 0 aliphatic carbocycles. The van der Waals surface area contributed by atoms with E-state index in [9.17, 15) is 9.59 Å². The first-order valence-electron chi connectivity index (χ1n) is 7.64. The van der Waals surface area contributed by atoms with Crippen molar-refractivity contribution in [3.05, 3.63) is 11.8 Å². The largest absolute Gasteiger partial charge is 0.360 e. The number of carbonyl (C=O) groups is 2. The lowest BCUT2D eigenvalue weighted by Crippen LogP contribution is -2.46. The molecule has 23 heavy (non-hydrogen) atoms. The van der Waals surface area contributed by atoms with Gasteiger partial charge in [0.1, 0.15) is 5.76 Å². The molecule has 0 spiro atoms. The highest BCUT2D eigenvalue weighted by atomic mass is 32.2. The molecule has 1 aliphatic heterocycles. The van der Waals surface area contributed by atoms with E-state index in [4.69, 9.17) is 4.52 Å². The molecule has 2 amide bonds. The third-order valence-corrected chi connectivity index (χ3v) is 4.25. The number of nitrogens with one attached hydrogen (secondary N) is 3. The summed E-state index contributed by atoms with van der Waals surface area (Å²) in [6.07, 6.45) is 0. The number of piperazine rings is 1. The maximum atomic E-state index is 11.7. The minimum atomic E-state index is -0.197. The van der Waals surface area contributed by atoms with Crippen LogP contribution in [0.15, 0.2) is 10.6 Å². The normalized spacial score (nSPS) is 15.3. The Balaban J connectivity index is 1.51. The Morgan fingerprint density at radius 2 is 2.09 bits per heavy atom. The monoisotopic (exact) mass is 341 g/mol. The van der Waals surface area contributed by atoms with Crippen molar-refractivity contribution in [1.29, 1.82) is 0 Å². The van der Waals surface area contributed by atoms with Gasteiger partial charge in [0.2, 0.25) is 11.8 Å². The number of thioether (sulfide) groups is 1. The number of hydrogen-bond donors (Lipinski definition) is 3. The van der Waals surface area contributed by atoms with Crippen LogP contribution in [-0.4, -0.2) is 72.6 Å². The van der Waals surface area contributed by atoms with E-state index in [1.165, 1.54) is 11.8 Å². The standard InChI is InChI=1S/C14H23N5O3S/c1-11-8-12(18-22-11)17-14(21)10-23-9-13(20)16-4-7-19-5-2-15-3-6-19/h8,15H,2-7,9-10H2,1H3,(H,16,20)(H,17,18,21). The predicted octanol–water partition coefficient (Wildman–Crippen LogP) is -0.324. The van der Waals surface area contributed by atoms with Gasteiger partial charge < -0.3 is 20.5 Å². The highest BCUT2D eigenvalue weighted by molar-refractivity contribution is 8.00. The number of amides is 2. The van der Waals surface area contributed by atoms with E-state index in [0.717, 1.165) is 32.7 Å². The number of carbonyl (C=O) groups excluding carboxylic acids is 2. The highest BCUT2D eigenvalue weighted by Crippen LogP contribution is 2.08. The van der Waals surface area contributed by atoms with Crippen LogP contribution in [0.4, 0.5) is 5.82 Å². The summed E-state index contributed by atoms with van der Waals surface area (Å²) in [5, 5.41) is 12.5. The number of aryl methyl sites for hydroxylation is 1. The third-order valence-electron chi connectivity index (χ3n) is 3.32. The molecule has 0 aromatic carbocycles. The van der Waals surface area contributed by atoms with Crippen molar-refractivity contribution >= 4 is 29.4 Å². The molecule has 0 bridgehead atoms. The van der Waals surface area contributed by atoms with E-state index in [2.05, 4.69) is 26.0 Å². The molecule has 0 atom stereocenters. The number of hydrogen-bond acceptors (Lipinski definition) is 7. The Morgan fingerprint density at radius 1 is 1.35 bits per heavy atom. The van der Waals surface area contributed by atoms with E-state index in [1.54, 1.807) is 13.0 Å². The van der Waals surface area contributed by atoms with Crippen LogP contribution >= 0.6 is 11.8 Å². The van der Waals surface area contributed by atoms with Crippen molar-refractivity contribution in [3.63, 3.8) is 0 Å². The van der Waals surface area contributed by atoms with E-state index in [1.807, 2.05) is 0 Å². The maximum absolute atomic E-state index is 11.7. The topological polar surface area (TPSA) is 99.5 Å².